The molecule has 0 spiro atoms. The molecule has 3 atom stereocenters. The van der Waals surface area contributed by atoms with Crippen LogP contribution >= 0.6 is 0 Å². The van der Waals surface area contributed by atoms with Crippen LogP contribution in [0, 0.1) is 17.3 Å². The van der Waals surface area contributed by atoms with Gasteiger partial charge in [-0.15, -0.1) is 0 Å². The van der Waals surface area contributed by atoms with E-state index in [1.807, 2.05) is 12.1 Å². The molecule has 5 rings (SSSR count). The van der Waals surface area contributed by atoms with Crippen molar-refractivity contribution >= 4 is 11.8 Å². The average molecular weight is 385 g/mol. The Kier molecular flexibility index (Phi) is 5.11. The van der Waals surface area contributed by atoms with E-state index >= 15 is 0 Å². The number of hydrogen-bond acceptors (Lipinski definition) is 3. The van der Waals surface area contributed by atoms with E-state index in [1.165, 1.54) is 18.4 Å². The van der Waals surface area contributed by atoms with Gasteiger partial charge in [-0.1, -0.05) is 25.5 Å². The molecule has 5 nitrogen and oxygen atoms in total. The van der Waals surface area contributed by atoms with Crippen molar-refractivity contribution in [3.8, 4) is 0 Å². The molecule has 0 aromatic carbocycles. The van der Waals surface area contributed by atoms with Crippen molar-refractivity contribution in [2.24, 2.45) is 17.3 Å². The topological polar surface area (TPSA) is 71.3 Å². The summed E-state index contributed by atoms with van der Waals surface area (Å²) in [6.07, 6.45) is 10.5. The molecule has 5 heteroatoms. The number of furan rings is 1. The number of carbonyl (C=O) groups is 2. The molecule has 152 valence electrons. The van der Waals surface area contributed by atoms with Crippen molar-refractivity contribution in [1.29, 1.82) is 0 Å². The highest BCUT2D eigenvalue weighted by Gasteiger charge is 2.50. The Morgan fingerprint density at radius 2 is 2.25 bits per heavy atom. The van der Waals surface area contributed by atoms with E-state index in [-0.39, 0.29) is 17.4 Å². The maximum atomic E-state index is 12.4. The van der Waals surface area contributed by atoms with Crippen LogP contribution in [0.4, 0.5) is 0 Å². The van der Waals surface area contributed by atoms with Crippen LogP contribution < -0.4 is 10.6 Å². The number of amides is 2. The summed E-state index contributed by atoms with van der Waals surface area (Å²) in [6, 6.07) is 3.79. The molecule has 2 bridgehead atoms. The molecule has 1 saturated heterocycles. The fourth-order valence-corrected chi connectivity index (χ4v) is 5.47. The monoisotopic (exact) mass is 384 g/mol. The van der Waals surface area contributed by atoms with Crippen LogP contribution in [0.2, 0.25) is 0 Å². The number of hydrogen-bond donors (Lipinski definition) is 2. The summed E-state index contributed by atoms with van der Waals surface area (Å²) in [5.41, 5.74) is 1.61. The molecule has 2 fully saturated rings. The lowest BCUT2D eigenvalue weighted by atomic mass is 9.48. The second kappa shape index (κ2) is 7.41. The van der Waals surface area contributed by atoms with Crippen LogP contribution in [-0.2, 0) is 16.0 Å². The normalized spacial score (nSPS) is 30.4. The summed E-state index contributed by atoms with van der Waals surface area (Å²) in [4.78, 5) is 24.2. The molecule has 3 aliphatic carbocycles. The molecular formula is C23H32N2O3. The predicted molar refractivity (Wildman–Crippen MR) is 107 cm³/mol. The average Bonchev–Trinajstić information content (AvgIpc) is 3.30. The minimum absolute atomic E-state index is 0.0672. The smallest absolute Gasteiger partial charge is 0.220 e. The van der Waals surface area contributed by atoms with Gasteiger partial charge < -0.3 is 15.1 Å². The quantitative estimate of drug-likeness (QED) is 0.671. The largest absolute Gasteiger partial charge is 0.469 e. The standard InChI is InChI=1S/C23H32N2O3/c1-22(2)17-6-5-16(19(22)14-17)9-12-24-20(26)7-10-23(11-8-21(27)25-23)15-18-4-3-13-28-18/h3-5,13,17,19H,6-12,14-15H2,1-2H3,(H,24,26)(H,25,27)/t17-,19-,23+/m0/s1. The van der Waals surface area contributed by atoms with Gasteiger partial charge in [0.2, 0.25) is 11.8 Å². The molecule has 1 aromatic heterocycles. The number of allylic oxidation sites excluding steroid dienone is 1. The van der Waals surface area contributed by atoms with Crippen molar-refractivity contribution in [1.82, 2.24) is 10.6 Å². The van der Waals surface area contributed by atoms with Gasteiger partial charge in [0.05, 0.1) is 6.26 Å². The molecule has 28 heavy (non-hydrogen) atoms. The maximum absolute atomic E-state index is 12.4. The Hall–Kier alpha value is -2.04. The summed E-state index contributed by atoms with van der Waals surface area (Å²) in [7, 11) is 0. The summed E-state index contributed by atoms with van der Waals surface area (Å²) >= 11 is 0. The number of fused-ring (bicyclic) bond motifs is 1. The van der Waals surface area contributed by atoms with Crippen molar-refractivity contribution < 1.29 is 14.0 Å². The first-order valence-electron chi connectivity index (χ1n) is 10.7. The zero-order valence-corrected chi connectivity index (χ0v) is 17.1. The Balaban J connectivity index is 1.24. The molecule has 0 unspecified atom stereocenters. The van der Waals surface area contributed by atoms with E-state index in [1.54, 1.807) is 6.26 Å². The SMILES string of the molecule is CC1(C)[C@H]2CC=C(CCNC(=O)CC[C@]3(Cc4ccco4)CCC(=O)N3)[C@@H]1C2. The summed E-state index contributed by atoms with van der Waals surface area (Å²) < 4.78 is 5.47. The van der Waals surface area contributed by atoms with Gasteiger partial charge in [0, 0.05) is 31.3 Å². The van der Waals surface area contributed by atoms with Gasteiger partial charge in [0.25, 0.3) is 0 Å². The fraction of sp³-hybridized carbons (Fsp3) is 0.652. The number of nitrogens with one attached hydrogen (secondary N) is 2. The van der Waals surface area contributed by atoms with Gasteiger partial charge in [-0.25, -0.2) is 0 Å². The number of rotatable bonds is 8. The second-order valence-corrected chi connectivity index (χ2v) is 9.51. The third kappa shape index (κ3) is 3.76. The molecule has 1 aromatic rings. The first-order chi connectivity index (χ1) is 13.4. The highest BCUT2D eigenvalue weighted by molar-refractivity contribution is 5.80. The third-order valence-corrected chi connectivity index (χ3v) is 7.48. The van der Waals surface area contributed by atoms with E-state index in [2.05, 4.69) is 30.6 Å². The van der Waals surface area contributed by atoms with Crippen molar-refractivity contribution in [3.05, 3.63) is 35.8 Å². The highest BCUT2D eigenvalue weighted by Crippen LogP contribution is 2.59. The maximum Gasteiger partial charge on any atom is 0.220 e. The lowest BCUT2D eigenvalue weighted by Crippen LogP contribution is -2.48. The molecule has 4 aliphatic rings. The minimum atomic E-state index is -0.358. The van der Waals surface area contributed by atoms with Crippen molar-refractivity contribution in [3.63, 3.8) is 0 Å². The number of carbonyl (C=O) groups excluding carboxylic acids is 2. The molecule has 2 heterocycles. The molecule has 0 radical (unpaired) electrons. The second-order valence-electron chi connectivity index (χ2n) is 9.51. The van der Waals surface area contributed by atoms with Crippen molar-refractivity contribution in [2.45, 2.75) is 70.8 Å². The molecular weight excluding hydrogens is 352 g/mol. The van der Waals surface area contributed by atoms with Crippen LogP contribution in [0.25, 0.3) is 0 Å². The zero-order valence-electron chi connectivity index (χ0n) is 17.1. The van der Waals surface area contributed by atoms with E-state index < -0.39 is 0 Å². The summed E-state index contributed by atoms with van der Waals surface area (Å²) in [5.74, 6) is 2.55. The van der Waals surface area contributed by atoms with Crippen molar-refractivity contribution in [2.75, 3.05) is 6.54 Å². The Labute approximate surface area is 167 Å². The summed E-state index contributed by atoms with van der Waals surface area (Å²) in [6.45, 7) is 5.47. The Morgan fingerprint density at radius 3 is 2.89 bits per heavy atom. The summed E-state index contributed by atoms with van der Waals surface area (Å²) in [5, 5.41) is 6.19. The van der Waals surface area contributed by atoms with E-state index in [0.29, 0.717) is 43.6 Å². The first-order valence-corrected chi connectivity index (χ1v) is 10.7. The molecule has 1 saturated carbocycles. The van der Waals surface area contributed by atoms with Gasteiger partial charge in [-0.2, -0.15) is 0 Å². The molecule has 2 N–H and O–H groups in total. The van der Waals surface area contributed by atoms with E-state index in [0.717, 1.165) is 24.5 Å². The fourth-order valence-electron chi connectivity index (χ4n) is 5.47. The lowest BCUT2D eigenvalue weighted by Gasteiger charge is -2.56. The zero-order chi connectivity index (χ0) is 19.8. The van der Waals surface area contributed by atoms with Gasteiger partial charge in [-0.3, -0.25) is 9.59 Å². The molecule has 2 amide bonds. The van der Waals surface area contributed by atoms with Crippen LogP contribution in [0.5, 0.6) is 0 Å². The van der Waals surface area contributed by atoms with Crippen LogP contribution in [0.15, 0.2) is 34.5 Å². The predicted octanol–water partition coefficient (Wildman–Crippen LogP) is 3.75. The Bertz CT molecular complexity index is 765. The minimum Gasteiger partial charge on any atom is -0.469 e. The van der Waals surface area contributed by atoms with E-state index in [9.17, 15) is 9.59 Å². The van der Waals surface area contributed by atoms with Gasteiger partial charge in [0.1, 0.15) is 5.76 Å². The third-order valence-electron chi connectivity index (χ3n) is 7.48. The lowest BCUT2D eigenvalue weighted by molar-refractivity contribution is -0.122. The van der Waals surface area contributed by atoms with Gasteiger partial charge in [0.15, 0.2) is 0 Å². The first kappa shape index (κ1) is 19.3. The van der Waals surface area contributed by atoms with Gasteiger partial charge in [-0.05, 0) is 61.5 Å². The Morgan fingerprint density at radius 1 is 1.39 bits per heavy atom. The van der Waals surface area contributed by atoms with Crippen LogP contribution in [-0.4, -0.2) is 23.9 Å². The van der Waals surface area contributed by atoms with Crippen LogP contribution in [0.3, 0.4) is 0 Å². The van der Waals surface area contributed by atoms with Crippen LogP contribution in [0.1, 0.15) is 64.6 Å². The molecule has 1 aliphatic heterocycles. The highest BCUT2D eigenvalue weighted by atomic mass is 16.3. The van der Waals surface area contributed by atoms with Gasteiger partial charge >= 0.3 is 0 Å². The van der Waals surface area contributed by atoms with E-state index in [4.69, 9.17) is 4.42 Å².